The lowest BCUT2D eigenvalue weighted by Gasteiger charge is -2.28. The van der Waals surface area contributed by atoms with Gasteiger partial charge in [-0.1, -0.05) is 17.6 Å². The van der Waals surface area contributed by atoms with Crippen LogP contribution in [0.5, 0.6) is 0 Å². The zero-order chi connectivity index (χ0) is 14.9. The number of anilines is 1. The lowest BCUT2D eigenvalue weighted by atomic mass is 9.85. The average molecular weight is 298 g/mol. The van der Waals surface area contributed by atoms with Crippen molar-refractivity contribution >= 4 is 5.95 Å². The summed E-state index contributed by atoms with van der Waals surface area (Å²) in [6.07, 6.45) is 6.25. The molecule has 0 radical (unpaired) electrons. The van der Waals surface area contributed by atoms with Crippen molar-refractivity contribution in [2.24, 2.45) is 5.92 Å². The molecule has 0 bridgehead atoms. The van der Waals surface area contributed by atoms with Gasteiger partial charge in [0.2, 0.25) is 5.95 Å². The van der Waals surface area contributed by atoms with Gasteiger partial charge >= 0.3 is 0 Å². The molecule has 1 atom stereocenters. The molecule has 22 heavy (non-hydrogen) atoms. The van der Waals surface area contributed by atoms with Crippen molar-refractivity contribution < 1.29 is 0 Å². The van der Waals surface area contributed by atoms with E-state index in [0.717, 1.165) is 49.2 Å². The van der Waals surface area contributed by atoms with E-state index in [0.29, 0.717) is 6.04 Å². The van der Waals surface area contributed by atoms with Crippen molar-refractivity contribution in [3.8, 4) is 0 Å². The molecule has 1 saturated carbocycles. The Kier molecular flexibility index (Phi) is 3.52. The Balaban J connectivity index is 1.59. The fraction of sp³-hybridized carbons (Fsp3) is 0.625. The van der Waals surface area contributed by atoms with Crippen molar-refractivity contribution in [3.05, 3.63) is 29.6 Å². The Morgan fingerprint density at radius 3 is 2.86 bits per heavy atom. The van der Waals surface area contributed by atoms with E-state index in [4.69, 9.17) is 4.98 Å². The quantitative estimate of drug-likeness (QED) is 0.868. The fourth-order valence-electron chi connectivity index (χ4n) is 3.51. The smallest absolute Gasteiger partial charge is 0.246 e. The van der Waals surface area contributed by atoms with Crippen molar-refractivity contribution in [2.45, 2.75) is 51.6 Å². The van der Waals surface area contributed by atoms with Crippen LogP contribution < -0.4 is 4.90 Å². The van der Waals surface area contributed by atoms with Crippen LogP contribution in [0.3, 0.4) is 0 Å². The summed E-state index contributed by atoms with van der Waals surface area (Å²) in [6.45, 7) is 4.00. The molecule has 1 aliphatic carbocycles. The number of pyridine rings is 1. The summed E-state index contributed by atoms with van der Waals surface area (Å²) >= 11 is 0. The van der Waals surface area contributed by atoms with E-state index in [-0.39, 0.29) is 0 Å². The first-order valence-electron chi connectivity index (χ1n) is 8.27. The standard InChI is InChI=1S/C16H22N6/c1-12-5-2-8-14(17-12)15-9-4-10-21(15)16-18-19-20-22(16)11-13-6-3-7-13/h2,5,8,13,15H,3-4,6-7,9-11H2,1H3. The Hall–Kier alpha value is -1.98. The molecule has 1 unspecified atom stereocenters. The molecule has 1 saturated heterocycles. The maximum absolute atomic E-state index is 4.71. The van der Waals surface area contributed by atoms with Gasteiger partial charge in [0.1, 0.15) is 0 Å². The summed E-state index contributed by atoms with van der Waals surface area (Å²) in [7, 11) is 0. The third-order valence-corrected chi connectivity index (χ3v) is 4.93. The van der Waals surface area contributed by atoms with E-state index in [9.17, 15) is 0 Å². The highest BCUT2D eigenvalue weighted by atomic mass is 15.6. The molecule has 6 nitrogen and oxygen atoms in total. The lowest BCUT2D eigenvalue weighted by Crippen LogP contribution is -2.29. The zero-order valence-corrected chi connectivity index (χ0v) is 13.0. The number of tetrazole rings is 1. The zero-order valence-electron chi connectivity index (χ0n) is 13.0. The highest BCUT2D eigenvalue weighted by molar-refractivity contribution is 5.36. The summed E-state index contributed by atoms with van der Waals surface area (Å²) in [5.74, 6) is 1.66. The number of aryl methyl sites for hydroxylation is 1. The first-order chi connectivity index (χ1) is 10.8. The number of aromatic nitrogens is 5. The lowest BCUT2D eigenvalue weighted by molar-refractivity contribution is 0.264. The normalized spacial score (nSPS) is 22.0. The van der Waals surface area contributed by atoms with Crippen LogP contribution in [0.1, 0.15) is 49.5 Å². The van der Waals surface area contributed by atoms with E-state index in [1.54, 1.807) is 0 Å². The molecule has 2 aliphatic rings. The Morgan fingerprint density at radius 2 is 2.09 bits per heavy atom. The van der Waals surface area contributed by atoms with E-state index in [2.05, 4.69) is 32.6 Å². The molecule has 116 valence electrons. The predicted molar refractivity (Wildman–Crippen MR) is 83.5 cm³/mol. The van der Waals surface area contributed by atoms with Gasteiger partial charge in [0.15, 0.2) is 0 Å². The van der Waals surface area contributed by atoms with E-state index >= 15 is 0 Å². The molecule has 0 amide bonds. The minimum absolute atomic E-state index is 0.297. The molecular formula is C16H22N6. The monoisotopic (exact) mass is 298 g/mol. The van der Waals surface area contributed by atoms with E-state index < -0.39 is 0 Å². The molecule has 6 heteroatoms. The highest BCUT2D eigenvalue weighted by Crippen LogP contribution is 2.35. The van der Waals surface area contributed by atoms with Gasteiger partial charge in [0.25, 0.3) is 0 Å². The van der Waals surface area contributed by atoms with Crippen molar-refractivity contribution in [2.75, 3.05) is 11.4 Å². The van der Waals surface area contributed by atoms with Crippen LogP contribution in [0.4, 0.5) is 5.95 Å². The molecule has 1 aliphatic heterocycles. The van der Waals surface area contributed by atoms with Crippen LogP contribution in [-0.2, 0) is 6.54 Å². The van der Waals surface area contributed by atoms with Gasteiger partial charge in [-0.05, 0) is 61.1 Å². The van der Waals surface area contributed by atoms with Crippen LogP contribution in [0.15, 0.2) is 18.2 Å². The van der Waals surface area contributed by atoms with E-state index in [1.165, 1.54) is 19.3 Å². The summed E-state index contributed by atoms with van der Waals surface area (Å²) < 4.78 is 2.00. The van der Waals surface area contributed by atoms with Crippen LogP contribution in [0.2, 0.25) is 0 Å². The minimum atomic E-state index is 0.297. The first kappa shape index (κ1) is 13.7. The predicted octanol–water partition coefficient (Wildman–Crippen LogP) is 2.52. The fourth-order valence-corrected chi connectivity index (χ4v) is 3.51. The van der Waals surface area contributed by atoms with Gasteiger partial charge in [-0.2, -0.15) is 0 Å². The van der Waals surface area contributed by atoms with Crippen LogP contribution in [0.25, 0.3) is 0 Å². The topological polar surface area (TPSA) is 59.7 Å². The third-order valence-electron chi connectivity index (χ3n) is 4.93. The largest absolute Gasteiger partial charge is 0.331 e. The van der Waals surface area contributed by atoms with Gasteiger partial charge in [0, 0.05) is 18.8 Å². The van der Waals surface area contributed by atoms with Crippen LogP contribution in [0, 0.1) is 12.8 Å². The Bertz CT molecular complexity index is 648. The first-order valence-corrected chi connectivity index (χ1v) is 8.27. The second kappa shape index (κ2) is 5.66. The average Bonchev–Trinajstić information content (AvgIpc) is 3.11. The van der Waals surface area contributed by atoms with Crippen molar-refractivity contribution in [3.63, 3.8) is 0 Å². The highest BCUT2D eigenvalue weighted by Gasteiger charge is 2.31. The number of hydrogen-bond acceptors (Lipinski definition) is 5. The Morgan fingerprint density at radius 1 is 1.18 bits per heavy atom. The second-order valence-electron chi connectivity index (χ2n) is 6.51. The molecule has 2 fully saturated rings. The molecule has 2 aromatic heterocycles. The molecule has 2 aromatic rings. The molecule has 0 spiro atoms. The van der Waals surface area contributed by atoms with Crippen molar-refractivity contribution in [1.29, 1.82) is 0 Å². The summed E-state index contributed by atoms with van der Waals surface area (Å²) in [5.41, 5.74) is 2.20. The molecule has 3 heterocycles. The summed E-state index contributed by atoms with van der Waals surface area (Å²) in [4.78, 5) is 7.05. The van der Waals surface area contributed by atoms with Gasteiger partial charge in [0.05, 0.1) is 11.7 Å². The molecule has 0 N–H and O–H groups in total. The minimum Gasteiger partial charge on any atom is -0.331 e. The number of rotatable bonds is 4. The van der Waals surface area contributed by atoms with Gasteiger partial charge in [-0.25, -0.2) is 4.68 Å². The summed E-state index contributed by atoms with van der Waals surface area (Å²) in [5, 5.41) is 12.5. The maximum atomic E-state index is 4.71. The van der Waals surface area contributed by atoms with Crippen LogP contribution in [-0.4, -0.2) is 31.7 Å². The summed E-state index contributed by atoms with van der Waals surface area (Å²) in [6, 6.07) is 6.55. The second-order valence-corrected chi connectivity index (χ2v) is 6.51. The third kappa shape index (κ3) is 2.46. The molecule has 0 aromatic carbocycles. The SMILES string of the molecule is Cc1cccc(C2CCCN2c2nnnn2CC2CCC2)n1. The van der Waals surface area contributed by atoms with Gasteiger partial charge in [-0.15, -0.1) is 0 Å². The van der Waals surface area contributed by atoms with Gasteiger partial charge < -0.3 is 4.90 Å². The van der Waals surface area contributed by atoms with Crippen LogP contribution >= 0.6 is 0 Å². The van der Waals surface area contributed by atoms with E-state index in [1.807, 2.05) is 17.7 Å². The Labute approximate surface area is 130 Å². The maximum Gasteiger partial charge on any atom is 0.246 e. The van der Waals surface area contributed by atoms with Crippen molar-refractivity contribution in [1.82, 2.24) is 25.2 Å². The molecular weight excluding hydrogens is 276 g/mol. The molecule has 4 rings (SSSR count). The number of hydrogen-bond donors (Lipinski definition) is 0. The van der Waals surface area contributed by atoms with Gasteiger partial charge in [-0.3, -0.25) is 4.98 Å². The number of nitrogens with zero attached hydrogens (tertiary/aromatic N) is 6.